The summed E-state index contributed by atoms with van der Waals surface area (Å²) in [5.41, 5.74) is 2.14. The Morgan fingerprint density at radius 2 is 1.66 bits per heavy atom. The molecule has 4 aromatic rings. The zero-order valence-corrected chi connectivity index (χ0v) is 20.6. The Labute approximate surface area is 205 Å². The Morgan fingerprint density at radius 1 is 0.971 bits per heavy atom. The van der Waals surface area contributed by atoms with E-state index in [9.17, 15) is 4.39 Å². The van der Waals surface area contributed by atoms with E-state index in [1.165, 1.54) is 32.5 Å². The van der Waals surface area contributed by atoms with Crippen LogP contribution in [0.2, 0.25) is 0 Å². The van der Waals surface area contributed by atoms with Gasteiger partial charge in [-0.25, -0.2) is 14.4 Å². The zero-order chi connectivity index (χ0) is 24.9. The number of halogens is 1. The van der Waals surface area contributed by atoms with Crippen LogP contribution in [0.5, 0.6) is 11.8 Å². The van der Waals surface area contributed by atoms with Crippen LogP contribution < -0.4 is 14.2 Å². The quantitative estimate of drug-likeness (QED) is 0.341. The summed E-state index contributed by atoms with van der Waals surface area (Å²) in [7, 11) is 3.02. The first-order valence-electron chi connectivity index (χ1n) is 10.6. The van der Waals surface area contributed by atoms with Crippen molar-refractivity contribution < 1.29 is 13.9 Å². The first-order chi connectivity index (χ1) is 16.9. The average Bonchev–Trinajstić information content (AvgIpc) is 3.30. The number of nitrogens with zero attached hydrogens (tertiary/aromatic N) is 8. The van der Waals surface area contributed by atoms with Gasteiger partial charge in [-0.1, -0.05) is 13.8 Å². The van der Waals surface area contributed by atoms with Crippen LogP contribution in [0.4, 0.5) is 10.3 Å². The van der Waals surface area contributed by atoms with E-state index in [1.54, 1.807) is 17.0 Å². The van der Waals surface area contributed by atoms with E-state index in [1.807, 2.05) is 26.8 Å². The number of rotatable bonds is 9. The Morgan fingerprint density at radius 3 is 2.29 bits per heavy atom. The number of hydrogen-bond acceptors (Lipinski definition) is 11. The molecule has 0 aliphatic rings. The Hall–Kier alpha value is -3.87. The lowest BCUT2D eigenvalue weighted by Crippen LogP contribution is -2.15. The topological polar surface area (TPSA) is 126 Å². The first-order valence-corrected chi connectivity index (χ1v) is 11.5. The molecule has 0 saturated heterocycles. The highest BCUT2D eigenvalue weighted by molar-refractivity contribution is 8.01. The summed E-state index contributed by atoms with van der Waals surface area (Å²) >= 11 is 1.40. The van der Waals surface area contributed by atoms with Gasteiger partial charge in [0.25, 0.3) is 0 Å². The maximum absolute atomic E-state index is 13.2. The zero-order valence-electron chi connectivity index (χ0n) is 19.8. The summed E-state index contributed by atoms with van der Waals surface area (Å²) in [5, 5.41) is 8.77. The van der Waals surface area contributed by atoms with E-state index in [4.69, 9.17) is 9.47 Å². The minimum Gasteiger partial charge on any atom is -0.479 e. The molecule has 0 radical (unpaired) electrons. The van der Waals surface area contributed by atoms with Crippen molar-refractivity contribution in [2.75, 3.05) is 18.9 Å². The third-order valence-electron chi connectivity index (χ3n) is 5.25. The van der Waals surface area contributed by atoms with Crippen LogP contribution >= 0.6 is 11.9 Å². The molecule has 0 bridgehead atoms. The molecule has 4 aromatic heterocycles. The molecule has 0 aliphatic carbocycles. The van der Waals surface area contributed by atoms with Crippen molar-refractivity contribution >= 4 is 17.9 Å². The number of nitrogens with one attached hydrogen (secondary N) is 1. The number of aromatic nitrogens is 8. The summed E-state index contributed by atoms with van der Waals surface area (Å²) in [6.07, 6.45) is 7.14. The maximum Gasteiger partial charge on any atom is 0.245 e. The molecule has 2 atom stereocenters. The van der Waals surface area contributed by atoms with Gasteiger partial charge in [-0.2, -0.15) is 9.97 Å². The second-order valence-corrected chi connectivity index (χ2v) is 8.83. The Bertz CT molecular complexity index is 1280. The number of pyridine rings is 1. The van der Waals surface area contributed by atoms with Crippen molar-refractivity contribution in [1.82, 2.24) is 39.7 Å². The van der Waals surface area contributed by atoms with Crippen LogP contribution in [0.1, 0.15) is 31.2 Å². The van der Waals surface area contributed by atoms with Gasteiger partial charge in [-0.3, -0.25) is 14.3 Å². The van der Waals surface area contributed by atoms with E-state index in [-0.39, 0.29) is 22.9 Å². The van der Waals surface area contributed by atoms with Gasteiger partial charge in [0.2, 0.25) is 17.7 Å². The maximum atomic E-state index is 13.2. The van der Waals surface area contributed by atoms with Crippen molar-refractivity contribution in [2.24, 2.45) is 0 Å². The van der Waals surface area contributed by atoms with E-state index in [0.29, 0.717) is 23.3 Å². The normalized spacial score (nSPS) is 12.7. The molecular formula is C22H24FN9O2S. The molecule has 0 fully saturated rings. The Kier molecular flexibility index (Phi) is 7.34. The molecule has 0 aromatic carbocycles. The van der Waals surface area contributed by atoms with Crippen LogP contribution in [0.25, 0.3) is 17.1 Å². The molecule has 13 heteroatoms. The van der Waals surface area contributed by atoms with Crippen molar-refractivity contribution in [3.05, 3.63) is 54.4 Å². The van der Waals surface area contributed by atoms with Crippen LogP contribution in [0, 0.1) is 12.7 Å². The van der Waals surface area contributed by atoms with Crippen molar-refractivity contribution in [3.63, 3.8) is 0 Å². The van der Waals surface area contributed by atoms with Gasteiger partial charge >= 0.3 is 0 Å². The monoisotopic (exact) mass is 497 g/mol. The number of aryl methyl sites for hydroxylation is 1. The lowest BCUT2D eigenvalue weighted by molar-refractivity contribution is 0.368. The number of methoxy groups -OCH3 is 2. The van der Waals surface area contributed by atoms with Crippen LogP contribution in [0.15, 0.2) is 37.2 Å². The highest BCUT2D eigenvalue weighted by Crippen LogP contribution is 2.36. The minimum atomic E-state index is -0.473. The van der Waals surface area contributed by atoms with Gasteiger partial charge in [0.1, 0.15) is 12.2 Å². The highest BCUT2D eigenvalue weighted by Gasteiger charge is 2.26. The lowest BCUT2D eigenvalue weighted by atomic mass is 10.1. The third-order valence-corrected chi connectivity index (χ3v) is 6.33. The fourth-order valence-corrected chi connectivity index (χ4v) is 4.03. The summed E-state index contributed by atoms with van der Waals surface area (Å²) in [5.74, 6) is 1.46. The first kappa shape index (κ1) is 24.3. The average molecular weight is 498 g/mol. The van der Waals surface area contributed by atoms with E-state index < -0.39 is 5.82 Å². The summed E-state index contributed by atoms with van der Waals surface area (Å²) in [4.78, 5) is 21.0. The van der Waals surface area contributed by atoms with Crippen LogP contribution in [0.3, 0.4) is 0 Å². The molecule has 0 aliphatic heterocycles. The summed E-state index contributed by atoms with van der Waals surface area (Å²) in [6.45, 7) is 5.92. The predicted octanol–water partition coefficient (Wildman–Crippen LogP) is 3.63. The molecule has 2 unspecified atom stereocenters. The highest BCUT2D eigenvalue weighted by atomic mass is 32.2. The van der Waals surface area contributed by atoms with Crippen LogP contribution in [-0.2, 0) is 0 Å². The molecule has 0 saturated carbocycles. The van der Waals surface area contributed by atoms with E-state index >= 15 is 0 Å². The number of ether oxygens (including phenoxy) is 2. The second kappa shape index (κ2) is 10.6. The molecule has 35 heavy (non-hydrogen) atoms. The van der Waals surface area contributed by atoms with Gasteiger partial charge in [0.15, 0.2) is 17.3 Å². The largest absolute Gasteiger partial charge is 0.479 e. The fourth-order valence-electron chi connectivity index (χ4n) is 3.28. The van der Waals surface area contributed by atoms with Gasteiger partial charge in [-0.05, 0) is 30.5 Å². The van der Waals surface area contributed by atoms with Crippen molar-refractivity contribution in [1.29, 1.82) is 0 Å². The number of anilines is 1. The van der Waals surface area contributed by atoms with Gasteiger partial charge in [-0.15, -0.1) is 10.2 Å². The Balaban J connectivity index is 1.72. The molecule has 182 valence electrons. The summed E-state index contributed by atoms with van der Waals surface area (Å²) < 4.78 is 29.2. The number of hydrogen-bond donors (Lipinski definition) is 1. The smallest absolute Gasteiger partial charge is 0.245 e. The lowest BCUT2D eigenvalue weighted by Gasteiger charge is -2.19. The van der Waals surface area contributed by atoms with Gasteiger partial charge in [0.05, 0.1) is 26.6 Å². The molecular weight excluding hydrogens is 473 g/mol. The molecule has 11 nitrogen and oxygen atoms in total. The van der Waals surface area contributed by atoms with Crippen molar-refractivity contribution in [3.8, 4) is 28.8 Å². The van der Waals surface area contributed by atoms with Gasteiger partial charge < -0.3 is 9.47 Å². The van der Waals surface area contributed by atoms with E-state index in [2.05, 4.69) is 39.8 Å². The SMILES string of the molecule is COc1ncnc(OC)c1-n1c(NSC(C)C(C)c2ncc(F)cn2)nnc1-c1cncc(C)c1. The summed E-state index contributed by atoms with van der Waals surface area (Å²) in [6, 6.07) is 1.95. The van der Waals surface area contributed by atoms with E-state index in [0.717, 1.165) is 23.5 Å². The molecule has 1 N–H and O–H groups in total. The van der Waals surface area contributed by atoms with Gasteiger partial charge in [0, 0.05) is 29.1 Å². The molecule has 0 amide bonds. The standard InChI is InChI=1S/C22H24FN9O2S/c1-12-6-15(8-24-7-12)19-29-30-22(32(19)17-20(33-4)27-11-28-21(17)34-5)31-35-14(3)13(2)18-25-9-16(23)10-26-18/h6-11,13-14H,1-5H3,(H,30,31). The molecule has 4 heterocycles. The van der Waals surface area contributed by atoms with Crippen molar-refractivity contribution in [2.45, 2.75) is 31.9 Å². The third kappa shape index (κ3) is 5.14. The molecule has 4 rings (SSSR count). The molecule has 0 spiro atoms. The fraction of sp³-hybridized carbons (Fsp3) is 0.318. The predicted molar refractivity (Wildman–Crippen MR) is 129 cm³/mol. The minimum absolute atomic E-state index is 0.00879. The second-order valence-electron chi connectivity index (χ2n) is 7.65. The van der Waals surface area contributed by atoms with Crippen LogP contribution in [-0.4, -0.2) is 59.2 Å².